The first-order chi connectivity index (χ1) is 16.7. The molecule has 0 saturated heterocycles. The van der Waals surface area contributed by atoms with Crippen molar-refractivity contribution in [2.75, 3.05) is 11.9 Å². The Morgan fingerprint density at radius 1 is 1.31 bits per heavy atom. The van der Waals surface area contributed by atoms with Gasteiger partial charge in [-0.15, -0.1) is 0 Å². The molecule has 35 heavy (non-hydrogen) atoms. The van der Waals surface area contributed by atoms with E-state index >= 15 is 0 Å². The quantitative estimate of drug-likeness (QED) is 0.260. The van der Waals surface area contributed by atoms with E-state index in [0.29, 0.717) is 40.1 Å². The van der Waals surface area contributed by atoms with Crippen molar-refractivity contribution in [2.24, 2.45) is 0 Å². The molecule has 2 aromatic heterocycles. The van der Waals surface area contributed by atoms with Crippen LogP contribution < -0.4 is 10.9 Å². The highest BCUT2D eigenvalue weighted by Crippen LogP contribution is 2.44. The van der Waals surface area contributed by atoms with Gasteiger partial charge in [-0.2, -0.15) is 0 Å². The number of ether oxygens (including phenoxy) is 2. The van der Waals surface area contributed by atoms with E-state index in [1.54, 1.807) is 25.1 Å². The van der Waals surface area contributed by atoms with Gasteiger partial charge in [0.05, 0.1) is 39.6 Å². The number of aromatic nitrogens is 2. The van der Waals surface area contributed by atoms with Crippen LogP contribution in [0.2, 0.25) is 0 Å². The van der Waals surface area contributed by atoms with Crippen LogP contribution in [0.4, 0.5) is 11.4 Å². The summed E-state index contributed by atoms with van der Waals surface area (Å²) in [6, 6.07) is 6.31. The molecular formula is C24H22N4O7. The molecule has 5 rings (SSSR count). The fraction of sp³-hybridized carbons (Fsp3) is 0.333. The molecule has 0 bridgehead atoms. The summed E-state index contributed by atoms with van der Waals surface area (Å²) in [5.41, 5.74) is 0.766. The number of carbonyl (C=O) groups is 2. The van der Waals surface area contributed by atoms with Gasteiger partial charge in [0.2, 0.25) is 5.60 Å². The number of non-ortho nitro benzene ring substituents is 1. The first-order valence-corrected chi connectivity index (χ1v) is 11.2. The van der Waals surface area contributed by atoms with Gasteiger partial charge in [0.1, 0.15) is 12.0 Å². The Morgan fingerprint density at radius 3 is 2.74 bits per heavy atom. The molecule has 2 aliphatic heterocycles. The molecule has 1 unspecified atom stereocenters. The monoisotopic (exact) mass is 478 g/mol. The number of esters is 2. The number of anilines is 1. The van der Waals surface area contributed by atoms with Crippen LogP contribution in [0.25, 0.3) is 22.3 Å². The molecule has 2 aliphatic rings. The molecule has 11 heteroatoms. The maximum absolute atomic E-state index is 13.6. The summed E-state index contributed by atoms with van der Waals surface area (Å²) < 4.78 is 12.2. The number of nitro groups is 1. The third-order valence-electron chi connectivity index (χ3n) is 6.53. The molecule has 1 atom stereocenters. The van der Waals surface area contributed by atoms with Gasteiger partial charge in [-0.3, -0.25) is 19.7 Å². The second kappa shape index (κ2) is 7.90. The minimum atomic E-state index is -1.74. The van der Waals surface area contributed by atoms with Crippen molar-refractivity contribution < 1.29 is 24.0 Å². The fourth-order valence-corrected chi connectivity index (χ4v) is 5.04. The summed E-state index contributed by atoms with van der Waals surface area (Å²) in [5.74, 6) is -1.41. The normalized spacial score (nSPS) is 17.9. The summed E-state index contributed by atoms with van der Waals surface area (Å²) in [5, 5.41) is 15.3. The maximum Gasteiger partial charge on any atom is 0.355 e. The molecule has 0 spiro atoms. The first-order valence-electron chi connectivity index (χ1n) is 11.2. The van der Waals surface area contributed by atoms with Crippen LogP contribution in [0.5, 0.6) is 0 Å². The van der Waals surface area contributed by atoms with E-state index in [4.69, 9.17) is 14.5 Å². The zero-order valence-corrected chi connectivity index (χ0v) is 19.3. The molecule has 1 aromatic carbocycles. The number of nitrogens with one attached hydrogen (secondary N) is 1. The van der Waals surface area contributed by atoms with E-state index in [2.05, 4.69) is 5.32 Å². The predicted octanol–water partition coefficient (Wildman–Crippen LogP) is 2.99. The van der Waals surface area contributed by atoms with Crippen molar-refractivity contribution in [2.45, 2.75) is 45.9 Å². The van der Waals surface area contributed by atoms with Gasteiger partial charge < -0.3 is 19.4 Å². The average Bonchev–Trinajstić information content (AvgIpc) is 3.19. The number of cyclic esters (lactones) is 1. The lowest BCUT2D eigenvalue weighted by Crippen LogP contribution is -2.47. The Balaban J connectivity index is 1.83. The summed E-state index contributed by atoms with van der Waals surface area (Å²) >= 11 is 0. The standard InChI is InChI=1S/C24H22N4O7/c1-4-24(35-12(3)29)15-9-18-20-13(10-27(18)22(30)14(15)11-34-23(24)31)21(25-5-2)19-16(26-20)7-6-8-17(19)28(32)33/h6-9H,4-5,10-11H2,1-3H3,(H,25,26). The van der Waals surface area contributed by atoms with Crippen molar-refractivity contribution in [3.05, 3.63) is 61.4 Å². The van der Waals surface area contributed by atoms with E-state index in [1.807, 2.05) is 6.92 Å². The number of benzene rings is 1. The molecule has 11 nitrogen and oxygen atoms in total. The number of hydrogen-bond donors (Lipinski definition) is 1. The van der Waals surface area contributed by atoms with Crippen LogP contribution in [0.15, 0.2) is 29.1 Å². The van der Waals surface area contributed by atoms with E-state index in [1.165, 1.54) is 17.6 Å². The lowest BCUT2D eigenvalue weighted by molar-refractivity contribution is -0.383. The molecular weight excluding hydrogens is 456 g/mol. The Labute approximate surface area is 198 Å². The van der Waals surface area contributed by atoms with Gasteiger partial charge in [-0.1, -0.05) is 13.0 Å². The summed E-state index contributed by atoms with van der Waals surface area (Å²) in [6.07, 6.45) is 0.0775. The topological polar surface area (TPSA) is 143 Å². The van der Waals surface area contributed by atoms with Crippen molar-refractivity contribution in [3.63, 3.8) is 0 Å². The number of nitrogens with zero attached hydrogens (tertiary/aromatic N) is 3. The molecule has 180 valence electrons. The van der Waals surface area contributed by atoms with E-state index in [9.17, 15) is 24.5 Å². The zero-order valence-electron chi connectivity index (χ0n) is 19.3. The molecule has 0 radical (unpaired) electrons. The van der Waals surface area contributed by atoms with Crippen LogP contribution in [0.3, 0.4) is 0 Å². The number of pyridine rings is 2. The summed E-state index contributed by atoms with van der Waals surface area (Å²) in [4.78, 5) is 54.3. The van der Waals surface area contributed by atoms with Crippen LogP contribution in [0.1, 0.15) is 43.9 Å². The van der Waals surface area contributed by atoms with Crippen molar-refractivity contribution in [1.82, 2.24) is 9.55 Å². The number of nitro benzene ring substituents is 1. The predicted molar refractivity (Wildman–Crippen MR) is 125 cm³/mol. The molecule has 0 amide bonds. The molecule has 0 saturated carbocycles. The second-order valence-corrected chi connectivity index (χ2v) is 8.44. The smallest absolute Gasteiger partial charge is 0.355 e. The lowest BCUT2D eigenvalue weighted by Gasteiger charge is -2.35. The molecule has 0 fully saturated rings. The third kappa shape index (κ3) is 3.11. The zero-order chi connectivity index (χ0) is 25.1. The largest absolute Gasteiger partial charge is 0.457 e. The molecule has 0 aliphatic carbocycles. The number of fused-ring (bicyclic) bond motifs is 5. The lowest BCUT2D eigenvalue weighted by atomic mass is 9.85. The Bertz CT molecular complexity index is 1510. The number of rotatable bonds is 5. The van der Waals surface area contributed by atoms with Crippen molar-refractivity contribution >= 4 is 34.2 Å². The van der Waals surface area contributed by atoms with Crippen molar-refractivity contribution in [3.8, 4) is 11.4 Å². The highest BCUT2D eigenvalue weighted by atomic mass is 16.6. The number of hydrogen-bond acceptors (Lipinski definition) is 9. The van der Waals surface area contributed by atoms with Gasteiger partial charge in [-0.25, -0.2) is 9.78 Å². The number of carbonyl (C=O) groups excluding carboxylic acids is 2. The SMILES string of the molecule is CCNc1c2c(nc3cccc([N+](=O)[O-])c13)-c1cc3c(c(=O)n1C2)COC(=O)C3(CC)OC(C)=O. The van der Waals surface area contributed by atoms with Crippen molar-refractivity contribution in [1.29, 1.82) is 0 Å². The molecule has 1 N–H and O–H groups in total. The van der Waals surface area contributed by atoms with Crippen LogP contribution >= 0.6 is 0 Å². The minimum absolute atomic E-state index is 0.0775. The second-order valence-electron chi connectivity index (χ2n) is 8.44. The van der Waals surface area contributed by atoms with Crippen LogP contribution in [-0.4, -0.2) is 33.0 Å². The Hall–Kier alpha value is -4.28. The van der Waals surface area contributed by atoms with Gasteiger partial charge in [0.15, 0.2) is 0 Å². The van der Waals surface area contributed by atoms with E-state index in [-0.39, 0.29) is 36.4 Å². The van der Waals surface area contributed by atoms with Gasteiger partial charge in [0, 0.05) is 30.7 Å². The van der Waals surface area contributed by atoms with Crippen LogP contribution in [-0.2, 0) is 37.8 Å². The first kappa shape index (κ1) is 22.5. The fourth-order valence-electron chi connectivity index (χ4n) is 5.04. The van der Waals surface area contributed by atoms with Gasteiger partial charge >= 0.3 is 11.9 Å². The highest BCUT2D eigenvalue weighted by Gasteiger charge is 2.50. The highest BCUT2D eigenvalue weighted by molar-refractivity contribution is 6.03. The van der Waals surface area contributed by atoms with Gasteiger partial charge in [0.25, 0.3) is 11.2 Å². The molecule has 4 heterocycles. The average molecular weight is 478 g/mol. The Morgan fingerprint density at radius 2 is 2.09 bits per heavy atom. The summed E-state index contributed by atoms with van der Waals surface area (Å²) in [6.45, 7) is 5.12. The van der Waals surface area contributed by atoms with Crippen LogP contribution in [0, 0.1) is 10.1 Å². The van der Waals surface area contributed by atoms with E-state index < -0.39 is 28.0 Å². The maximum atomic E-state index is 13.6. The third-order valence-corrected chi connectivity index (χ3v) is 6.53. The Kier molecular flexibility index (Phi) is 5.08. The minimum Gasteiger partial charge on any atom is -0.457 e. The summed E-state index contributed by atoms with van der Waals surface area (Å²) in [7, 11) is 0. The van der Waals surface area contributed by atoms with E-state index in [0.717, 1.165) is 0 Å². The van der Waals surface area contributed by atoms with Gasteiger partial charge in [-0.05, 0) is 25.5 Å². The molecule has 3 aromatic rings.